The Morgan fingerprint density at radius 1 is 1.06 bits per heavy atom. The number of imidazole rings is 1. The Hall–Kier alpha value is -2.95. The quantitative estimate of drug-likeness (QED) is 0.597. The highest BCUT2D eigenvalue weighted by atomic mass is 32.2. The maximum Gasteiger partial charge on any atom is 0.255 e. The number of aromatic nitrogens is 2. The third-order valence-electron chi connectivity index (χ3n) is 6.38. The smallest absolute Gasteiger partial charge is 0.255 e. The van der Waals surface area contributed by atoms with Crippen molar-refractivity contribution < 1.29 is 22.7 Å². The van der Waals surface area contributed by atoms with Crippen LogP contribution in [0.25, 0.3) is 11.0 Å². The summed E-state index contributed by atoms with van der Waals surface area (Å²) in [5, 5.41) is 2.88. The van der Waals surface area contributed by atoms with Crippen molar-refractivity contribution in [1.82, 2.24) is 13.9 Å². The van der Waals surface area contributed by atoms with Gasteiger partial charge in [-0.1, -0.05) is 6.42 Å². The average Bonchev–Trinajstić information content (AvgIpc) is 3.03. The lowest BCUT2D eigenvalue weighted by atomic mass is 10.2. The second-order valence-corrected chi connectivity index (χ2v) is 10.4. The van der Waals surface area contributed by atoms with Gasteiger partial charge >= 0.3 is 0 Å². The number of carbonyl (C=O) groups is 1. The number of rotatable bonds is 5. The summed E-state index contributed by atoms with van der Waals surface area (Å²) in [6, 6.07) is 10.1. The molecule has 180 valence electrons. The molecule has 0 spiro atoms. The molecule has 1 saturated heterocycles. The largest absolute Gasteiger partial charge is 0.495 e. The van der Waals surface area contributed by atoms with E-state index in [-0.39, 0.29) is 29.3 Å². The lowest BCUT2D eigenvalue weighted by Gasteiger charge is -2.26. The average molecular weight is 485 g/mol. The molecule has 1 fully saturated rings. The van der Waals surface area contributed by atoms with Gasteiger partial charge < -0.3 is 19.4 Å². The van der Waals surface area contributed by atoms with Gasteiger partial charge in [0.1, 0.15) is 16.5 Å². The molecule has 10 heteroatoms. The predicted octanol–water partition coefficient (Wildman–Crippen LogP) is 3.04. The van der Waals surface area contributed by atoms with Crippen LogP contribution in [0.3, 0.4) is 0 Å². The topological polar surface area (TPSA) is 103 Å². The second kappa shape index (κ2) is 9.36. The summed E-state index contributed by atoms with van der Waals surface area (Å²) in [6.45, 7) is 2.15. The monoisotopic (exact) mass is 484 g/mol. The van der Waals surface area contributed by atoms with Gasteiger partial charge in [0, 0.05) is 37.3 Å². The Balaban J connectivity index is 1.41. The van der Waals surface area contributed by atoms with E-state index in [1.807, 2.05) is 18.2 Å². The Kier molecular flexibility index (Phi) is 6.28. The number of methoxy groups -OCH3 is 1. The zero-order valence-corrected chi connectivity index (χ0v) is 19.9. The molecule has 1 N–H and O–H groups in total. The Bertz CT molecular complexity index is 1330. The second-order valence-electron chi connectivity index (χ2n) is 8.53. The van der Waals surface area contributed by atoms with Crippen LogP contribution in [0, 0.1) is 0 Å². The number of sulfonamides is 1. The molecule has 0 aliphatic carbocycles. The first-order valence-electron chi connectivity index (χ1n) is 11.5. The molecule has 1 aromatic heterocycles. The highest BCUT2D eigenvalue weighted by molar-refractivity contribution is 7.89. The molecular weight excluding hydrogens is 456 g/mol. The maximum absolute atomic E-state index is 13.2. The van der Waals surface area contributed by atoms with Crippen LogP contribution in [0.15, 0.2) is 41.3 Å². The van der Waals surface area contributed by atoms with Crippen LogP contribution in [-0.2, 0) is 27.7 Å². The van der Waals surface area contributed by atoms with Crippen molar-refractivity contribution in [1.29, 1.82) is 0 Å². The minimum Gasteiger partial charge on any atom is -0.495 e. The highest BCUT2D eigenvalue weighted by Crippen LogP contribution is 2.29. The fourth-order valence-corrected chi connectivity index (χ4v) is 6.17. The Labute approximate surface area is 198 Å². The molecule has 0 saturated carbocycles. The van der Waals surface area contributed by atoms with Gasteiger partial charge in [-0.05, 0) is 49.2 Å². The number of nitrogens with one attached hydrogen (secondary N) is 1. The highest BCUT2D eigenvalue weighted by Gasteiger charge is 2.30. The van der Waals surface area contributed by atoms with Crippen LogP contribution in [0.5, 0.6) is 5.75 Å². The summed E-state index contributed by atoms with van der Waals surface area (Å²) in [5.41, 5.74) is 2.76. The van der Waals surface area contributed by atoms with Crippen molar-refractivity contribution in [2.45, 2.75) is 37.1 Å². The van der Waals surface area contributed by atoms with Crippen LogP contribution in [0.4, 0.5) is 5.69 Å². The maximum atomic E-state index is 13.2. The number of nitrogens with zero attached hydrogens (tertiary/aromatic N) is 3. The van der Waals surface area contributed by atoms with E-state index >= 15 is 0 Å². The van der Waals surface area contributed by atoms with Crippen molar-refractivity contribution in [3.05, 3.63) is 47.8 Å². The van der Waals surface area contributed by atoms with Crippen LogP contribution in [0.1, 0.15) is 35.4 Å². The molecule has 0 unspecified atom stereocenters. The van der Waals surface area contributed by atoms with Gasteiger partial charge in [0.05, 0.1) is 31.4 Å². The summed E-state index contributed by atoms with van der Waals surface area (Å²) in [5.74, 6) is 0.884. The van der Waals surface area contributed by atoms with Gasteiger partial charge in [-0.25, -0.2) is 13.4 Å². The van der Waals surface area contributed by atoms with E-state index in [9.17, 15) is 13.2 Å². The van der Waals surface area contributed by atoms with E-state index in [2.05, 4.69) is 9.88 Å². The van der Waals surface area contributed by atoms with Gasteiger partial charge in [-0.15, -0.1) is 0 Å². The standard InChI is InChI=1S/C24H28N4O5S/c1-32-21-9-6-17(15-22(21)34(30,31)27-11-13-33-14-12-27)24(29)25-18-7-8-20-19(16-18)26-23-5-3-2-4-10-28(20)23/h6-9,15-16H,2-5,10-14H2,1H3,(H,25,29). The van der Waals surface area contributed by atoms with E-state index in [4.69, 9.17) is 14.5 Å². The number of benzene rings is 2. The SMILES string of the molecule is COc1ccc(C(=O)Nc2ccc3c(c2)nc2n3CCCCC2)cc1S(=O)(=O)N1CCOCC1. The third kappa shape index (κ3) is 4.28. The third-order valence-corrected chi connectivity index (χ3v) is 8.30. The van der Waals surface area contributed by atoms with E-state index in [0.717, 1.165) is 42.7 Å². The first-order valence-corrected chi connectivity index (χ1v) is 13.0. The van der Waals surface area contributed by atoms with E-state index in [0.29, 0.717) is 18.9 Å². The number of amides is 1. The first-order chi connectivity index (χ1) is 16.5. The Morgan fingerprint density at radius 2 is 1.88 bits per heavy atom. The number of aryl methyl sites for hydroxylation is 2. The predicted molar refractivity (Wildman–Crippen MR) is 128 cm³/mol. The summed E-state index contributed by atoms with van der Waals surface area (Å²) in [6.07, 6.45) is 4.46. The minimum absolute atomic E-state index is 0.0298. The van der Waals surface area contributed by atoms with Gasteiger partial charge in [0.15, 0.2) is 0 Å². The summed E-state index contributed by atoms with van der Waals surface area (Å²) >= 11 is 0. The zero-order chi connectivity index (χ0) is 23.7. The number of anilines is 1. The molecule has 34 heavy (non-hydrogen) atoms. The molecule has 2 aromatic carbocycles. The van der Waals surface area contributed by atoms with Crippen molar-refractivity contribution in [3.63, 3.8) is 0 Å². The molecule has 0 bridgehead atoms. The van der Waals surface area contributed by atoms with Crippen molar-refractivity contribution >= 4 is 32.7 Å². The summed E-state index contributed by atoms with van der Waals surface area (Å²) in [4.78, 5) is 17.8. The molecular formula is C24H28N4O5S. The van der Waals surface area contributed by atoms with Crippen molar-refractivity contribution in [3.8, 4) is 5.75 Å². The van der Waals surface area contributed by atoms with Crippen LogP contribution >= 0.6 is 0 Å². The van der Waals surface area contributed by atoms with E-state index in [1.165, 1.54) is 30.0 Å². The van der Waals surface area contributed by atoms with Crippen molar-refractivity contribution in [2.75, 3.05) is 38.7 Å². The molecule has 2 aliphatic rings. The molecule has 0 radical (unpaired) electrons. The van der Waals surface area contributed by atoms with Crippen LogP contribution in [0.2, 0.25) is 0 Å². The van der Waals surface area contributed by atoms with Gasteiger partial charge in [-0.2, -0.15) is 4.31 Å². The number of hydrogen-bond acceptors (Lipinski definition) is 6. The van der Waals surface area contributed by atoms with Crippen molar-refractivity contribution in [2.24, 2.45) is 0 Å². The minimum atomic E-state index is -3.83. The molecule has 3 aromatic rings. The number of ether oxygens (including phenoxy) is 2. The molecule has 0 atom stereocenters. The summed E-state index contributed by atoms with van der Waals surface area (Å²) < 4.78 is 40.6. The molecule has 9 nitrogen and oxygen atoms in total. The first kappa shape index (κ1) is 22.8. The fourth-order valence-electron chi connectivity index (χ4n) is 4.58. The van der Waals surface area contributed by atoms with Gasteiger partial charge in [-0.3, -0.25) is 4.79 Å². The number of fused-ring (bicyclic) bond motifs is 3. The van der Waals surface area contributed by atoms with E-state index < -0.39 is 15.9 Å². The molecule has 2 aliphatic heterocycles. The molecule has 5 rings (SSSR count). The normalized spacial score (nSPS) is 17.2. The number of morpholine rings is 1. The van der Waals surface area contributed by atoms with Crippen LogP contribution in [-0.4, -0.2) is 61.6 Å². The lowest BCUT2D eigenvalue weighted by Crippen LogP contribution is -2.40. The number of hydrogen-bond donors (Lipinski definition) is 1. The molecule has 3 heterocycles. The lowest BCUT2D eigenvalue weighted by molar-refractivity contribution is 0.0729. The van der Waals surface area contributed by atoms with Gasteiger partial charge in [0.2, 0.25) is 10.0 Å². The van der Waals surface area contributed by atoms with E-state index in [1.54, 1.807) is 6.07 Å². The fraction of sp³-hybridized carbons (Fsp3) is 0.417. The van der Waals surface area contributed by atoms with Crippen LogP contribution < -0.4 is 10.1 Å². The zero-order valence-electron chi connectivity index (χ0n) is 19.1. The molecule has 1 amide bonds. The Morgan fingerprint density at radius 3 is 2.68 bits per heavy atom. The number of carbonyl (C=O) groups excluding carboxylic acids is 1. The summed E-state index contributed by atoms with van der Waals surface area (Å²) in [7, 11) is -2.42. The van der Waals surface area contributed by atoms with Gasteiger partial charge in [0.25, 0.3) is 5.91 Å².